The van der Waals surface area contributed by atoms with Gasteiger partial charge in [0.2, 0.25) is 0 Å². The molecule has 18 heavy (non-hydrogen) atoms. The Hall–Kier alpha value is -0.823. The second-order valence-corrected chi connectivity index (χ2v) is 7.02. The van der Waals surface area contributed by atoms with Crippen molar-refractivity contribution >= 4 is 8.80 Å². The fraction of sp³-hybridized carbons (Fsp3) is 0.500. The molecule has 1 aromatic carbocycles. The molecule has 0 amide bonds. The van der Waals surface area contributed by atoms with Crippen molar-refractivity contribution in [2.75, 3.05) is 21.3 Å². The third-order valence-corrected chi connectivity index (χ3v) is 5.64. The molecule has 0 aliphatic heterocycles. The Balaban J connectivity index is 2.55. The molecule has 0 radical (unpaired) electrons. The van der Waals surface area contributed by atoms with Crippen LogP contribution in [0.25, 0.3) is 0 Å². The van der Waals surface area contributed by atoms with Gasteiger partial charge in [-0.2, -0.15) is 0 Å². The first kappa shape index (κ1) is 15.2. The van der Waals surface area contributed by atoms with E-state index in [1.165, 1.54) is 12.1 Å². The lowest BCUT2D eigenvalue weighted by Crippen LogP contribution is -2.42. The Kier molecular flexibility index (Phi) is 5.87. The number of benzene rings is 1. The van der Waals surface area contributed by atoms with Gasteiger partial charge in [0, 0.05) is 33.4 Å². The maximum absolute atomic E-state index is 13.0. The van der Waals surface area contributed by atoms with Gasteiger partial charge in [-0.15, -0.1) is 0 Å². The molecule has 0 aliphatic carbocycles. The molecule has 0 bridgehead atoms. The standard InChI is InChI=1S/C12H18F2O3Si/c1-15-18(16-2,17-3)6-4-5-10-7-11(13)9-12(14)8-10/h7-9H,4-6H2,1-3H3. The van der Waals surface area contributed by atoms with E-state index in [1.807, 2.05) is 0 Å². The van der Waals surface area contributed by atoms with Crippen molar-refractivity contribution in [2.45, 2.75) is 18.9 Å². The molecule has 3 nitrogen and oxygen atoms in total. The van der Waals surface area contributed by atoms with Gasteiger partial charge in [-0.3, -0.25) is 0 Å². The lowest BCUT2D eigenvalue weighted by atomic mass is 10.1. The zero-order chi connectivity index (χ0) is 13.6. The average molecular weight is 276 g/mol. The average Bonchev–Trinajstić information content (AvgIpc) is 2.34. The van der Waals surface area contributed by atoms with E-state index in [9.17, 15) is 8.78 Å². The van der Waals surface area contributed by atoms with Gasteiger partial charge in [0.1, 0.15) is 11.6 Å². The summed E-state index contributed by atoms with van der Waals surface area (Å²) in [5.74, 6) is -1.11. The molecule has 0 aliphatic rings. The van der Waals surface area contributed by atoms with Crippen molar-refractivity contribution in [3.63, 3.8) is 0 Å². The molecule has 0 saturated carbocycles. The quantitative estimate of drug-likeness (QED) is 0.717. The largest absolute Gasteiger partial charge is 0.500 e. The Bertz CT molecular complexity index is 355. The van der Waals surface area contributed by atoms with Gasteiger partial charge in [-0.05, 0) is 30.5 Å². The van der Waals surface area contributed by atoms with Crippen LogP contribution in [0.15, 0.2) is 18.2 Å². The smallest absolute Gasteiger partial charge is 0.377 e. The summed E-state index contributed by atoms with van der Waals surface area (Å²) in [5.41, 5.74) is 0.624. The van der Waals surface area contributed by atoms with Gasteiger partial charge in [0.25, 0.3) is 0 Å². The molecule has 102 valence electrons. The van der Waals surface area contributed by atoms with Gasteiger partial charge in [0.05, 0.1) is 0 Å². The fourth-order valence-corrected chi connectivity index (χ4v) is 3.54. The second kappa shape index (κ2) is 6.94. The monoisotopic (exact) mass is 276 g/mol. The molecule has 0 heterocycles. The molecule has 1 rings (SSSR count). The molecule has 0 unspecified atom stereocenters. The van der Waals surface area contributed by atoms with Crippen molar-refractivity contribution in [1.29, 1.82) is 0 Å². The summed E-state index contributed by atoms with van der Waals surface area (Å²) in [6, 6.07) is 4.13. The minimum Gasteiger partial charge on any atom is -0.377 e. The van der Waals surface area contributed by atoms with Crippen LogP contribution >= 0.6 is 0 Å². The summed E-state index contributed by atoms with van der Waals surface area (Å²) in [4.78, 5) is 0. The summed E-state index contributed by atoms with van der Waals surface area (Å²) in [6.07, 6.45) is 1.24. The number of rotatable bonds is 7. The second-order valence-electron chi connectivity index (χ2n) is 3.93. The Morgan fingerprint density at radius 2 is 1.44 bits per heavy atom. The number of hydrogen-bond donors (Lipinski definition) is 0. The Labute approximate surface area is 107 Å². The van der Waals surface area contributed by atoms with E-state index in [2.05, 4.69) is 0 Å². The molecule has 0 saturated heterocycles. The van der Waals surface area contributed by atoms with E-state index < -0.39 is 20.4 Å². The van der Waals surface area contributed by atoms with Gasteiger partial charge in [0.15, 0.2) is 0 Å². The topological polar surface area (TPSA) is 27.7 Å². The summed E-state index contributed by atoms with van der Waals surface area (Å²) in [7, 11) is 2.04. The molecular weight excluding hydrogens is 258 g/mol. The number of hydrogen-bond acceptors (Lipinski definition) is 3. The number of aryl methyl sites for hydroxylation is 1. The molecular formula is C12H18F2O3Si. The highest BCUT2D eigenvalue weighted by Gasteiger charge is 2.36. The van der Waals surface area contributed by atoms with Crippen LogP contribution in [-0.4, -0.2) is 30.1 Å². The normalized spacial score (nSPS) is 11.8. The first-order valence-electron chi connectivity index (χ1n) is 5.65. The Morgan fingerprint density at radius 3 is 1.89 bits per heavy atom. The van der Waals surface area contributed by atoms with Crippen LogP contribution in [0.4, 0.5) is 8.78 Å². The first-order chi connectivity index (χ1) is 8.55. The van der Waals surface area contributed by atoms with Gasteiger partial charge in [-0.25, -0.2) is 8.78 Å². The van der Waals surface area contributed by atoms with Crippen molar-refractivity contribution in [3.05, 3.63) is 35.4 Å². The van der Waals surface area contributed by atoms with E-state index in [1.54, 1.807) is 21.3 Å². The van der Waals surface area contributed by atoms with Crippen molar-refractivity contribution in [1.82, 2.24) is 0 Å². The number of halogens is 2. The van der Waals surface area contributed by atoms with Gasteiger partial charge in [-0.1, -0.05) is 0 Å². The fourth-order valence-electron chi connectivity index (χ4n) is 1.82. The van der Waals surface area contributed by atoms with E-state index >= 15 is 0 Å². The summed E-state index contributed by atoms with van der Waals surface area (Å²) in [5, 5.41) is 0. The highest BCUT2D eigenvalue weighted by molar-refractivity contribution is 6.60. The molecule has 0 aromatic heterocycles. The summed E-state index contributed by atoms with van der Waals surface area (Å²) < 4.78 is 41.8. The zero-order valence-corrected chi connectivity index (χ0v) is 11.8. The molecule has 0 fully saturated rings. The predicted octanol–water partition coefficient (Wildman–Crippen LogP) is 2.78. The van der Waals surface area contributed by atoms with Crippen LogP contribution in [0.1, 0.15) is 12.0 Å². The third kappa shape index (κ3) is 4.13. The van der Waals surface area contributed by atoms with Gasteiger partial charge < -0.3 is 13.3 Å². The van der Waals surface area contributed by atoms with Gasteiger partial charge >= 0.3 is 8.80 Å². The van der Waals surface area contributed by atoms with Crippen LogP contribution in [0.5, 0.6) is 0 Å². The van der Waals surface area contributed by atoms with Crippen LogP contribution in [0.3, 0.4) is 0 Å². The molecule has 1 aromatic rings. The predicted molar refractivity (Wildman–Crippen MR) is 66.3 cm³/mol. The molecule has 6 heteroatoms. The minimum atomic E-state index is -2.59. The lowest BCUT2D eigenvalue weighted by Gasteiger charge is -2.24. The maximum Gasteiger partial charge on any atom is 0.500 e. The lowest BCUT2D eigenvalue weighted by molar-refractivity contribution is 0.123. The van der Waals surface area contributed by atoms with E-state index in [0.717, 1.165) is 6.07 Å². The Morgan fingerprint density at radius 1 is 0.944 bits per heavy atom. The molecule has 0 atom stereocenters. The van der Waals surface area contributed by atoms with Crippen LogP contribution in [0, 0.1) is 11.6 Å². The van der Waals surface area contributed by atoms with E-state index in [4.69, 9.17) is 13.3 Å². The summed E-state index contributed by atoms with van der Waals surface area (Å²) >= 11 is 0. The van der Waals surface area contributed by atoms with Crippen LogP contribution < -0.4 is 0 Å². The van der Waals surface area contributed by atoms with E-state index in [0.29, 0.717) is 24.4 Å². The highest BCUT2D eigenvalue weighted by Crippen LogP contribution is 2.18. The third-order valence-electron chi connectivity index (χ3n) is 2.80. The summed E-state index contributed by atoms with van der Waals surface area (Å²) in [6.45, 7) is 0. The van der Waals surface area contributed by atoms with Crippen molar-refractivity contribution in [2.24, 2.45) is 0 Å². The SMILES string of the molecule is CO[Si](CCCc1cc(F)cc(F)c1)(OC)OC. The van der Waals surface area contributed by atoms with Crippen molar-refractivity contribution in [3.8, 4) is 0 Å². The van der Waals surface area contributed by atoms with Crippen LogP contribution in [-0.2, 0) is 19.7 Å². The highest BCUT2D eigenvalue weighted by atomic mass is 28.4. The maximum atomic E-state index is 13.0. The molecule has 0 N–H and O–H groups in total. The van der Waals surface area contributed by atoms with Crippen LogP contribution in [0.2, 0.25) is 6.04 Å². The first-order valence-corrected chi connectivity index (χ1v) is 7.59. The van der Waals surface area contributed by atoms with Crippen molar-refractivity contribution < 1.29 is 22.1 Å². The molecule has 0 spiro atoms. The van der Waals surface area contributed by atoms with E-state index in [-0.39, 0.29) is 0 Å². The minimum absolute atomic E-state index is 0.555. The zero-order valence-electron chi connectivity index (χ0n) is 10.8.